The fourth-order valence-electron chi connectivity index (χ4n) is 0.430. The van der Waals surface area contributed by atoms with Gasteiger partial charge in [0.25, 0.3) is 0 Å². The Morgan fingerprint density at radius 3 is 2.50 bits per heavy atom. The van der Waals surface area contributed by atoms with Gasteiger partial charge in [-0.25, -0.2) is 4.39 Å². The molecule has 1 atom stereocenters. The van der Waals surface area contributed by atoms with Crippen LogP contribution in [0.5, 0.6) is 0 Å². The lowest BCUT2D eigenvalue weighted by atomic mass is 10.2. The van der Waals surface area contributed by atoms with Crippen molar-refractivity contribution in [2.45, 2.75) is 25.9 Å². The Labute approximate surface area is 48.8 Å². The molecule has 2 heteroatoms. The van der Waals surface area contributed by atoms with Crippen LogP contribution in [0.3, 0.4) is 0 Å². The lowest BCUT2D eigenvalue weighted by Gasteiger charge is -2.02. The molecular formula is C6H11FO. The third-order valence-electron chi connectivity index (χ3n) is 0.924. The average molecular weight is 118 g/mol. The standard InChI is InChI=1S/C6H11FO/c1-3-4-6(8)5(2)7/h6,8H,2-4H2,1H3. The first-order valence-electron chi connectivity index (χ1n) is 2.70. The van der Waals surface area contributed by atoms with E-state index < -0.39 is 11.9 Å². The Morgan fingerprint density at radius 1 is 1.88 bits per heavy atom. The molecule has 0 aromatic heterocycles. The smallest absolute Gasteiger partial charge is 0.121 e. The minimum atomic E-state index is -0.944. The van der Waals surface area contributed by atoms with Gasteiger partial charge in [-0.2, -0.15) is 0 Å². The van der Waals surface area contributed by atoms with Crippen molar-refractivity contribution in [3.05, 3.63) is 12.4 Å². The average Bonchev–Trinajstić information content (AvgIpc) is 1.67. The third kappa shape index (κ3) is 2.75. The second-order valence-electron chi connectivity index (χ2n) is 1.75. The molecule has 0 saturated heterocycles. The van der Waals surface area contributed by atoms with E-state index in [1.54, 1.807) is 0 Å². The second-order valence-corrected chi connectivity index (χ2v) is 1.75. The van der Waals surface area contributed by atoms with Crippen LogP contribution in [0.2, 0.25) is 0 Å². The zero-order valence-electron chi connectivity index (χ0n) is 5.02. The van der Waals surface area contributed by atoms with Gasteiger partial charge in [-0.15, -0.1) is 0 Å². The third-order valence-corrected chi connectivity index (χ3v) is 0.924. The largest absolute Gasteiger partial charge is 0.386 e. The molecule has 0 rings (SSSR count). The first-order chi connectivity index (χ1) is 3.68. The quantitative estimate of drug-likeness (QED) is 0.597. The Hall–Kier alpha value is -0.370. The van der Waals surface area contributed by atoms with Gasteiger partial charge in [0, 0.05) is 0 Å². The maximum atomic E-state index is 11.8. The van der Waals surface area contributed by atoms with Crippen molar-refractivity contribution in [2.24, 2.45) is 0 Å². The fraction of sp³-hybridized carbons (Fsp3) is 0.667. The summed E-state index contributed by atoms with van der Waals surface area (Å²) in [4.78, 5) is 0. The minimum Gasteiger partial charge on any atom is -0.386 e. The highest BCUT2D eigenvalue weighted by Crippen LogP contribution is 2.05. The summed E-state index contributed by atoms with van der Waals surface area (Å²) in [6, 6.07) is 0. The first-order valence-corrected chi connectivity index (χ1v) is 2.70. The van der Waals surface area contributed by atoms with Crippen LogP contribution in [0, 0.1) is 0 Å². The lowest BCUT2D eigenvalue weighted by Crippen LogP contribution is -2.04. The van der Waals surface area contributed by atoms with Crippen LogP contribution in [0.4, 0.5) is 4.39 Å². The Kier molecular flexibility index (Phi) is 3.44. The van der Waals surface area contributed by atoms with Gasteiger partial charge < -0.3 is 5.11 Å². The SMILES string of the molecule is C=C(F)C(O)CCC. The number of hydrogen-bond acceptors (Lipinski definition) is 1. The van der Waals surface area contributed by atoms with E-state index in [0.29, 0.717) is 6.42 Å². The Balaban J connectivity index is 3.32. The molecule has 8 heavy (non-hydrogen) atoms. The van der Waals surface area contributed by atoms with Crippen LogP contribution < -0.4 is 0 Å². The van der Waals surface area contributed by atoms with E-state index in [1.807, 2.05) is 6.92 Å². The van der Waals surface area contributed by atoms with Crippen LogP contribution in [0.1, 0.15) is 19.8 Å². The van der Waals surface area contributed by atoms with Crippen molar-refractivity contribution in [3.63, 3.8) is 0 Å². The highest BCUT2D eigenvalue weighted by molar-refractivity contribution is 4.88. The molecule has 0 aromatic carbocycles. The van der Waals surface area contributed by atoms with Crippen LogP contribution >= 0.6 is 0 Å². The molecule has 1 unspecified atom stereocenters. The van der Waals surface area contributed by atoms with Crippen molar-refractivity contribution in [1.29, 1.82) is 0 Å². The van der Waals surface area contributed by atoms with Crippen molar-refractivity contribution >= 4 is 0 Å². The van der Waals surface area contributed by atoms with Crippen LogP contribution in [-0.2, 0) is 0 Å². The summed E-state index contributed by atoms with van der Waals surface area (Å²) in [6.45, 7) is 4.84. The van der Waals surface area contributed by atoms with E-state index in [1.165, 1.54) is 0 Å². The number of aliphatic hydroxyl groups is 1. The van der Waals surface area contributed by atoms with Crippen molar-refractivity contribution in [2.75, 3.05) is 0 Å². The molecule has 48 valence electrons. The summed E-state index contributed by atoms with van der Waals surface area (Å²) >= 11 is 0. The van der Waals surface area contributed by atoms with Crippen molar-refractivity contribution in [1.82, 2.24) is 0 Å². The number of rotatable bonds is 3. The summed E-state index contributed by atoms with van der Waals surface area (Å²) in [5.41, 5.74) is 0. The normalized spacial score (nSPS) is 13.4. The Bertz CT molecular complexity index is 80.6. The highest BCUT2D eigenvalue weighted by atomic mass is 19.1. The van der Waals surface area contributed by atoms with E-state index in [9.17, 15) is 4.39 Å². The Morgan fingerprint density at radius 2 is 2.38 bits per heavy atom. The summed E-state index contributed by atoms with van der Waals surface area (Å²) in [6.07, 6.45) is 0.305. The summed E-state index contributed by atoms with van der Waals surface area (Å²) in [5, 5.41) is 8.65. The molecule has 0 bridgehead atoms. The van der Waals surface area contributed by atoms with Crippen LogP contribution in [0.15, 0.2) is 12.4 Å². The fourth-order valence-corrected chi connectivity index (χ4v) is 0.430. The monoisotopic (exact) mass is 118 g/mol. The van der Waals surface area contributed by atoms with Gasteiger partial charge in [-0.1, -0.05) is 19.9 Å². The van der Waals surface area contributed by atoms with Gasteiger partial charge in [-0.3, -0.25) is 0 Å². The van der Waals surface area contributed by atoms with Gasteiger partial charge in [0.1, 0.15) is 11.9 Å². The molecule has 0 aliphatic heterocycles. The number of hydrogen-bond donors (Lipinski definition) is 1. The molecule has 0 amide bonds. The van der Waals surface area contributed by atoms with Gasteiger partial charge in [0.2, 0.25) is 0 Å². The first kappa shape index (κ1) is 7.63. The molecule has 0 fully saturated rings. The molecule has 0 saturated carbocycles. The van der Waals surface area contributed by atoms with Crippen LogP contribution in [0.25, 0.3) is 0 Å². The molecule has 1 N–H and O–H groups in total. The van der Waals surface area contributed by atoms with Gasteiger partial charge in [-0.05, 0) is 6.42 Å². The molecule has 0 aromatic rings. The molecule has 1 nitrogen and oxygen atoms in total. The zero-order chi connectivity index (χ0) is 6.57. The summed E-state index contributed by atoms with van der Waals surface area (Å²) in [5.74, 6) is -0.633. The molecule has 0 aliphatic rings. The van der Waals surface area contributed by atoms with E-state index in [0.717, 1.165) is 6.42 Å². The molecular weight excluding hydrogens is 107 g/mol. The summed E-state index contributed by atoms with van der Waals surface area (Å²) < 4.78 is 11.8. The topological polar surface area (TPSA) is 20.2 Å². The lowest BCUT2D eigenvalue weighted by molar-refractivity contribution is 0.173. The highest BCUT2D eigenvalue weighted by Gasteiger charge is 2.04. The number of aliphatic hydroxyl groups excluding tert-OH is 1. The van der Waals surface area contributed by atoms with Crippen LogP contribution in [-0.4, -0.2) is 11.2 Å². The van der Waals surface area contributed by atoms with Crippen molar-refractivity contribution in [3.8, 4) is 0 Å². The predicted molar refractivity (Wildman–Crippen MR) is 31.2 cm³/mol. The van der Waals surface area contributed by atoms with Gasteiger partial charge in [0.05, 0.1) is 0 Å². The molecule has 0 heterocycles. The molecule has 0 spiro atoms. The number of halogens is 1. The maximum absolute atomic E-state index is 11.8. The second kappa shape index (κ2) is 3.61. The van der Waals surface area contributed by atoms with E-state index in [2.05, 4.69) is 6.58 Å². The molecule has 0 radical (unpaired) electrons. The van der Waals surface area contributed by atoms with E-state index in [-0.39, 0.29) is 0 Å². The summed E-state index contributed by atoms with van der Waals surface area (Å²) in [7, 11) is 0. The maximum Gasteiger partial charge on any atom is 0.121 e. The van der Waals surface area contributed by atoms with Gasteiger partial charge >= 0.3 is 0 Å². The van der Waals surface area contributed by atoms with E-state index >= 15 is 0 Å². The predicted octanol–water partition coefficient (Wildman–Crippen LogP) is 1.63. The van der Waals surface area contributed by atoms with Gasteiger partial charge in [0.15, 0.2) is 0 Å². The van der Waals surface area contributed by atoms with E-state index in [4.69, 9.17) is 5.11 Å². The zero-order valence-corrected chi connectivity index (χ0v) is 5.02. The van der Waals surface area contributed by atoms with Crippen molar-refractivity contribution < 1.29 is 9.50 Å². The molecule has 0 aliphatic carbocycles. The minimum absolute atomic E-state index is 0.468.